The van der Waals surface area contributed by atoms with Crippen LogP contribution in [-0.2, 0) is 6.54 Å². The van der Waals surface area contributed by atoms with Crippen LogP contribution in [0.15, 0.2) is 22.7 Å². The Hall–Kier alpha value is -0.540. The van der Waals surface area contributed by atoms with Crippen LogP contribution in [0.5, 0.6) is 0 Å². The zero-order valence-corrected chi connectivity index (χ0v) is 15.4. The zero-order valence-electron chi connectivity index (χ0n) is 13.8. The van der Waals surface area contributed by atoms with E-state index in [9.17, 15) is 0 Å². The molecule has 0 saturated carbocycles. The molecule has 0 spiro atoms. The van der Waals surface area contributed by atoms with Gasteiger partial charge in [-0.25, -0.2) is 0 Å². The van der Waals surface area contributed by atoms with Crippen LogP contribution in [0.2, 0.25) is 0 Å². The van der Waals surface area contributed by atoms with Crippen molar-refractivity contribution in [2.24, 2.45) is 17.8 Å². The first kappa shape index (κ1) is 16.8. The van der Waals surface area contributed by atoms with Gasteiger partial charge in [0.05, 0.1) is 5.69 Å². The second kappa shape index (κ2) is 7.64. The fourth-order valence-corrected chi connectivity index (χ4v) is 3.65. The van der Waals surface area contributed by atoms with Crippen LogP contribution in [-0.4, -0.2) is 19.6 Å². The molecule has 0 amide bonds. The molecule has 1 fully saturated rings. The van der Waals surface area contributed by atoms with Gasteiger partial charge in [0.25, 0.3) is 0 Å². The van der Waals surface area contributed by atoms with E-state index in [2.05, 4.69) is 72.0 Å². The molecule has 21 heavy (non-hydrogen) atoms. The van der Waals surface area contributed by atoms with E-state index < -0.39 is 0 Å². The molecule has 1 aromatic rings. The highest BCUT2D eigenvalue weighted by Crippen LogP contribution is 2.33. The molecule has 1 atom stereocenters. The Bertz CT molecular complexity index is 457. The van der Waals surface area contributed by atoms with E-state index in [0.29, 0.717) is 5.92 Å². The zero-order chi connectivity index (χ0) is 15.4. The van der Waals surface area contributed by atoms with Gasteiger partial charge in [0, 0.05) is 24.1 Å². The summed E-state index contributed by atoms with van der Waals surface area (Å²) in [4.78, 5) is 2.53. The van der Waals surface area contributed by atoms with Crippen LogP contribution in [0.4, 0.5) is 5.69 Å². The predicted octanol–water partition coefficient (Wildman–Crippen LogP) is 4.68. The molecule has 1 unspecified atom stereocenters. The lowest BCUT2D eigenvalue weighted by Gasteiger charge is -2.22. The highest BCUT2D eigenvalue weighted by atomic mass is 79.9. The van der Waals surface area contributed by atoms with E-state index in [-0.39, 0.29) is 0 Å². The van der Waals surface area contributed by atoms with Crippen LogP contribution in [0.1, 0.15) is 39.7 Å². The summed E-state index contributed by atoms with van der Waals surface area (Å²) in [6, 6.07) is 6.81. The molecule has 118 valence electrons. The first-order chi connectivity index (χ1) is 9.97. The average molecular weight is 353 g/mol. The molecule has 0 radical (unpaired) electrons. The van der Waals surface area contributed by atoms with Gasteiger partial charge >= 0.3 is 0 Å². The van der Waals surface area contributed by atoms with E-state index in [1.54, 1.807) is 0 Å². The summed E-state index contributed by atoms with van der Waals surface area (Å²) >= 11 is 3.77. The summed E-state index contributed by atoms with van der Waals surface area (Å²) in [7, 11) is 0. The monoisotopic (exact) mass is 352 g/mol. The summed E-state index contributed by atoms with van der Waals surface area (Å²) in [5.74, 6) is 2.32. The van der Waals surface area contributed by atoms with Crippen molar-refractivity contribution in [3.8, 4) is 0 Å². The average Bonchev–Trinajstić information content (AvgIpc) is 2.88. The van der Waals surface area contributed by atoms with Crippen molar-refractivity contribution in [2.45, 2.75) is 40.7 Å². The largest absolute Gasteiger partial charge is 0.370 e. The molecule has 2 rings (SSSR count). The number of hydrogen-bond donors (Lipinski definition) is 1. The number of benzene rings is 1. The van der Waals surface area contributed by atoms with Crippen LogP contribution >= 0.6 is 15.9 Å². The van der Waals surface area contributed by atoms with Crippen molar-refractivity contribution in [1.82, 2.24) is 5.32 Å². The normalized spacial score (nSPS) is 19.0. The number of nitrogens with zero attached hydrogens (tertiary/aromatic N) is 1. The van der Waals surface area contributed by atoms with Gasteiger partial charge in [-0.1, -0.05) is 33.8 Å². The minimum absolute atomic E-state index is 0.699. The first-order valence-corrected chi connectivity index (χ1v) is 9.00. The maximum Gasteiger partial charge on any atom is 0.0510 e. The summed E-state index contributed by atoms with van der Waals surface area (Å²) < 4.78 is 1.23. The smallest absolute Gasteiger partial charge is 0.0510 e. The Morgan fingerprint density at radius 3 is 2.62 bits per heavy atom. The van der Waals surface area contributed by atoms with Crippen molar-refractivity contribution in [3.05, 3.63) is 28.2 Å². The number of hydrogen-bond acceptors (Lipinski definition) is 2. The highest BCUT2D eigenvalue weighted by molar-refractivity contribution is 9.10. The molecule has 0 aliphatic carbocycles. The summed E-state index contributed by atoms with van der Waals surface area (Å²) in [5, 5.41) is 3.50. The van der Waals surface area contributed by atoms with Gasteiger partial charge in [0.1, 0.15) is 0 Å². The fourth-order valence-electron chi connectivity index (χ4n) is 2.97. The van der Waals surface area contributed by atoms with Crippen molar-refractivity contribution < 1.29 is 0 Å². The van der Waals surface area contributed by atoms with Crippen LogP contribution in [0, 0.1) is 17.8 Å². The van der Waals surface area contributed by atoms with Gasteiger partial charge in [-0.3, -0.25) is 0 Å². The standard InChI is InChI=1S/C18H29BrN2/c1-13(2)10-20-11-15-5-6-18(17(19)9-15)21-8-7-16(12-21)14(3)4/h5-6,9,13-14,16,20H,7-8,10-12H2,1-4H3. The SMILES string of the molecule is CC(C)CNCc1ccc(N2CCC(C(C)C)C2)c(Br)c1. The molecule has 1 N–H and O–H groups in total. The van der Waals surface area contributed by atoms with Gasteiger partial charge in [-0.2, -0.15) is 0 Å². The lowest BCUT2D eigenvalue weighted by atomic mass is 9.95. The highest BCUT2D eigenvalue weighted by Gasteiger charge is 2.25. The van der Waals surface area contributed by atoms with Crippen LogP contribution < -0.4 is 10.2 Å². The lowest BCUT2D eigenvalue weighted by molar-refractivity contribution is 0.423. The van der Waals surface area contributed by atoms with Gasteiger partial charge in [0.2, 0.25) is 0 Å². The van der Waals surface area contributed by atoms with Crippen molar-refractivity contribution >= 4 is 21.6 Å². The third-order valence-corrected chi connectivity index (χ3v) is 5.04. The Morgan fingerprint density at radius 1 is 1.29 bits per heavy atom. The van der Waals surface area contributed by atoms with Gasteiger partial charge in [-0.15, -0.1) is 0 Å². The fraction of sp³-hybridized carbons (Fsp3) is 0.667. The molecule has 1 aliphatic heterocycles. The maximum absolute atomic E-state index is 3.77. The Labute approximate surface area is 138 Å². The van der Waals surface area contributed by atoms with Crippen molar-refractivity contribution in [1.29, 1.82) is 0 Å². The number of halogens is 1. The minimum Gasteiger partial charge on any atom is -0.370 e. The molecule has 1 saturated heterocycles. The lowest BCUT2D eigenvalue weighted by Crippen LogP contribution is -2.22. The predicted molar refractivity (Wildman–Crippen MR) is 95.8 cm³/mol. The third-order valence-electron chi connectivity index (χ3n) is 4.40. The van der Waals surface area contributed by atoms with E-state index in [1.807, 2.05) is 0 Å². The van der Waals surface area contributed by atoms with Crippen molar-refractivity contribution in [2.75, 3.05) is 24.5 Å². The van der Waals surface area contributed by atoms with E-state index in [1.165, 1.54) is 35.2 Å². The Kier molecular flexibility index (Phi) is 6.12. The molecular weight excluding hydrogens is 324 g/mol. The molecule has 0 bridgehead atoms. The topological polar surface area (TPSA) is 15.3 Å². The summed E-state index contributed by atoms with van der Waals surface area (Å²) in [6.07, 6.45) is 1.32. The number of rotatable bonds is 6. The van der Waals surface area contributed by atoms with Gasteiger partial charge in [0.15, 0.2) is 0 Å². The van der Waals surface area contributed by atoms with Crippen molar-refractivity contribution in [3.63, 3.8) is 0 Å². The molecule has 1 heterocycles. The molecular formula is C18H29BrN2. The van der Waals surface area contributed by atoms with Crippen LogP contribution in [0.3, 0.4) is 0 Å². The molecule has 0 aromatic heterocycles. The number of nitrogens with one attached hydrogen (secondary N) is 1. The molecule has 2 nitrogen and oxygen atoms in total. The van der Waals surface area contributed by atoms with E-state index >= 15 is 0 Å². The third kappa shape index (κ3) is 4.72. The minimum atomic E-state index is 0.699. The first-order valence-electron chi connectivity index (χ1n) is 8.21. The number of anilines is 1. The second-order valence-electron chi connectivity index (χ2n) is 7.05. The molecule has 1 aliphatic rings. The quantitative estimate of drug-likeness (QED) is 0.799. The second-order valence-corrected chi connectivity index (χ2v) is 7.90. The maximum atomic E-state index is 3.77. The molecule has 3 heteroatoms. The van der Waals surface area contributed by atoms with Gasteiger partial charge < -0.3 is 10.2 Å². The summed E-state index contributed by atoms with van der Waals surface area (Å²) in [6.45, 7) is 13.6. The van der Waals surface area contributed by atoms with E-state index in [4.69, 9.17) is 0 Å². The van der Waals surface area contributed by atoms with Crippen LogP contribution in [0.25, 0.3) is 0 Å². The Morgan fingerprint density at radius 2 is 2.05 bits per heavy atom. The van der Waals surface area contributed by atoms with Gasteiger partial charge in [-0.05, 0) is 64.3 Å². The summed E-state index contributed by atoms with van der Waals surface area (Å²) in [5.41, 5.74) is 2.71. The van der Waals surface area contributed by atoms with E-state index in [0.717, 1.165) is 24.9 Å². The molecule has 1 aromatic carbocycles. The Balaban J connectivity index is 1.96.